The van der Waals surface area contributed by atoms with E-state index in [4.69, 9.17) is 5.11 Å². The van der Waals surface area contributed by atoms with Crippen molar-refractivity contribution in [3.05, 3.63) is 0 Å². The zero-order chi connectivity index (χ0) is 12.0. The molecular weight excluding hydrogens is 219 g/mol. The van der Waals surface area contributed by atoms with Crippen LogP contribution in [0.2, 0.25) is 0 Å². The monoisotopic (exact) mass is 239 g/mol. The van der Waals surface area contributed by atoms with Crippen molar-refractivity contribution in [2.75, 3.05) is 13.1 Å². The highest BCUT2D eigenvalue weighted by Gasteiger charge is 2.37. The Morgan fingerprint density at radius 2 is 1.81 bits per heavy atom. The van der Waals surface area contributed by atoms with Gasteiger partial charge in [0, 0.05) is 6.54 Å². The van der Waals surface area contributed by atoms with E-state index in [0.717, 1.165) is 6.42 Å². The summed E-state index contributed by atoms with van der Waals surface area (Å²) >= 11 is 0. The fraction of sp³-hybridized carbons (Fsp3) is 1.00. The molecule has 0 aromatic heterocycles. The van der Waals surface area contributed by atoms with E-state index in [-0.39, 0.29) is 0 Å². The zero-order valence-corrected chi connectivity index (χ0v) is 9.39. The Hall–Kier alpha value is -0.290. The summed E-state index contributed by atoms with van der Waals surface area (Å²) in [6, 6.07) is 0. The lowest BCUT2D eigenvalue weighted by molar-refractivity contribution is -0.201. The van der Waals surface area contributed by atoms with Crippen molar-refractivity contribution in [3.8, 4) is 0 Å². The number of halogens is 3. The highest BCUT2D eigenvalue weighted by molar-refractivity contribution is 4.70. The molecule has 0 aliphatic heterocycles. The van der Waals surface area contributed by atoms with Crippen molar-refractivity contribution in [2.24, 2.45) is 5.92 Å². The topological polar surface area (TPSA) is 32.3 Å². The first-order chi connectivity index (χ1) is 7.50. The van der Waals surface area contributed by atoms with E-state index >= 15 is 0 Å². The van der Waals surface area contributed by atoms with Crippen molar-refractivity contribution in [3.63, 3.8) is 0 Å². The molecule has 2 nitrogen and oxygen atoms in total. The van der Waals surface area contributed by atoms with Crippen LogP contribution in [-0.2, 0) is 0 Å². The predicted molar refractivity (Wildman–Crippen MR) is 56.1 cm³/mol. The number of aliphatic hydroxyl groups excluding tert-OH is 1. The summed E-state index contributed by atoms with van der Waals surface area (Å²) in [6.45, 7) is 0.175. The molecule has 0 amide bonds. The molecule has 1 aliphatic carbocycles. The number of hydrogen-bond acceptors (Lipinski definition) is 2. The number of rotatable bonds is 5. The Kier molecular flexibility index (Phi) is 5.55. The Morgan fingerprint density at radius 3 is 2.38 bits per heavy atom. The molecule has 1 atom stereocenters. The molecule has 1 unspecified atom stereocenters. The maximum Gasteiger partial charge on any atom is 0.415 e. The van der Waals surface area contributed by atoms with Gasteiger partial charge in [-0.15, -0.1) is 0 Å². The van der Waals surface area contributed by atoms with Crippen LogP contribution in [0.5, 0.6) is 0 Å². The maximum absolute atomic E-state index is 11.9. The van der Waals surface area contributed by atoms with Crippen LogP contribution in [0.1, 0.15) is 38.5 Å². The van der Waals surface area contributed by atoms with Gasteiger partial charge in [-0.3, -0.25) is 0 Å². The van der Waals surface area contributed by atoms with Crippen LogP contribution < -0.4 is 5.32 Å². The lowest BCUT2D eigenvalue weighted by Gasteiger charge is -2.22. The number of alkyl halides is 3. The van der Waals surface area contributed by atoms with Gasteiger partial charge in [-0.1, -0.05) is 32.1 Å². The lowest BCUT2D eigenvalue weighted by Crippen LogP contribution is -2.39. The van der Waals surface area contributed by atoms with E-state index in [1.54, 1.807) is 0 Å². The van der Waals surface area contributed by atoms with Gasteiger partial charge in [0.2, 0.25) is 0 Å². The van der Waals surface area contributed by atoms with Crippen molar-refractivity contribution in [1.82, 2.24) is 5.32 Å². The summed E-state index contributed by atoms with van der Waals surface area (Å²) in [5.41, 5.74) is 0. The molecule has 0 heterocycles. The molecular formula is C11H20F3NO. The van der Waals surface area contributed by atoms with Gasteiger partial charge in [-0.05, 0) is 18.9 Å². The van der Waals surface area contributed by atoms with Gasteiger partial charge in [-0.2, -0.15) is 13.2 Å². The molecule has 0 spiro atoms. The van der Waals surface area contributed by atoms with Gasteiger partial charge < -0.3 is 10.4 Å². The average molecular weight is 239 g/mol. The van der Waals surface area contributed by atoms with Gasteiger partial charge >= 0.3 is 6.18 Å². The maximum atomic E-state index is 11.9. The minimum atomic E-state index is -4.50. The van der Waals surface area contributed by atoms with Crippen molar-refractivity contribution >= 4 is 0 Å². The zero-order valence-electron chi connectivity index (χ0n) is 9.39. The summed E-state index contributed by atoms with van der Waals surface area (Å²) in [5.74, 6) is 0.657. The first-order valence-electron chi connectivity index (χ1n) is 5.95. The largest absolute Gasteiger partial charge is 0.415 e. The Morgan fingerprint density at radius 1 is 1.19 bits per heavy atom. The van der Waals surface area contributed by atoms with E-state index in [2.05, 4.69) is 5.32 Å². The quantitative estimate of drug-likeness (QED) is 0.722. The SMILES string of the molecule is OC(CNCCC1CCCCC1)C(F)(F)F. The van der Waals surface area contributed by atoms with Crippen molar-refractivity contribution in [1.29, 1.82) is 0 Å². The average Bonchev–Trinajstić information content (AvgIpc) is 2.24. The van der Waals surface area contributed by atoms with Gasteiger partial charge in [0.15, 0.2) is 6.10 Å². The molecule has 1 aliphatic rings. The Balaban J connectivity index is 2.02. The van der Waals surface area contributed by atoms with Gasteiger partial charge in [-0.25, -0.2) is 0 Å². The molecule has 1 saturated carbocycles. The lowest BCUT2D eigenvalue weighted by atomic mass is 9.87. The van der Waals surface area contributed by atoms with E-state index in [1.165, 1.54) is 32.1 Å². The normalized spacial score (nSPS) is 21.0. The van der Waals surface area contributed by atoms with Crippen molar-refractivity contribution < 1.29 is 18.3 Å². The molecule has 0 bridgehead atoms. The Bertz CT molecular complexity index is 190. The summed E-state index contributed by atoms with van der Waals surface area (Å²) in [4.78, 5) is 0. The molecule has 0 saturated heterocycles. The van der Waals surface area contributed by atoms with Gasteiger partial charge in [0.1, 0.15) is 0 Å². The molecule has 1 fully saturated rings. The second kappa shape index (κ2) is 6.45. The molecule has 0 aromatic carbocycles. The van der Waals surface area contributed by atoms with E-state index in [9.17, 15) is 13.2 Å². The summed E-state index contributed by atoms with van der Waals surface area (Å²) < 4.78 is 35.8. The minimum absolute atomic E-state index is 0.393. The summed E-state index contributed by atoms with van der Waals surface area (Å²) in [5, 5.41) is 11.4. The third kappa shape index (κ3) is 5.16. The van der Waals surface area contributed by atoms with Crippen LogP contribution in [0.25, 0.3) is 0 Å². The highest BCUT2D eigenvalue weighted by Crippen LogP contribution is 2.25. The third-order valence-corrected chi connectivity index (χ3v) is 3.17. The number of nitrogens with one attached hydrogen (secondary N) is 1. The molecule has 96 valence electrons. The predicted octanol–water partition coefficient (Wildman–Crippen LogP) is 2.47. The van der Waals surface area contributed by atoms with Crippen LogP contribution in [-0.4, -0.2) is 30.5 Å². The molecule has 0 aromatic rings. The number of aliphatic hydroxyl groups is 1. The van der Waals surface area contributed by atoms with Gasteiger partial charge in [0.05, 0.1) is 0 Å². The van der Waals surface area contributed by atoms with Crippen LogP contribution in [0, 0.1) is 5.92 Å². The van der Waals surface area contributed by atoms with E-state index < -0.39 is 18.8 Å². The van der Waals surface area contributed by atoms with Crippen LogP contribution >= 0.6 is 0 Å². The van der Waals surface area contributed by atoms with Crippen LogP contribution in [0.3, 0.4) is 0 Å². The fourth-order valence-corrected chi connectivity index (χ4v) is 2.14. The molecule has 5 heteroatoms. The standard InChI is InChI=1S/C11H20F3NO/c12-11(13,14)10(16)8-15-7-6-9-4-2-1-3-5-9/h9-10,15-16H,1-8H2. The first-order valence-corrected chi connectivity index (χ1v) is 5.95. The van der Waals surface area contributed by atoms with E-state index in [1.807, 2.05) is 0 Å². The fourth-order valence-electron chi connectivity index (χ4n) is 2.14. The van der Waals surface area contributed by atoms with Gasteiger partial charge in [0.25, 0.3) is 0 Å². The molecule has 1 rings (SSSR count). The first kappa shape index (κ1) is 13.8. The number of hydrogen-bond donors (Lipinski definition) is 2. The highest BCUT2D eigenvalue weighted by atomic mass is 19.4. The second-order valence-corrected chi connectivity index (χ2v) is 4.55. The van der Waals surface area contributed by atoms with Crippen LogP contribution in [0.15, 0.2) is 0 Å². The second-order valence-electron chi connectivity index (χ2n) is 4.55. The third-order valence-electron chi connectivity index (χ3n) is 3.17. The van der Waals surface area contributed by atoms with E-state index in [0.29, 0.717) is 12.5 Å². The molecule has 2 N–H and O–H groups in total. The molecule has 16 heavy (non-hydrogen) atoms. The summed E-state index contributed by atoms with van der Waals surface area (Å²) in [7, 11) is 0. The minimum Gasteiger partial charge on any atom is -0.382 e. The van der Waals surface area contributed by atoms with Crippen molar-refractivity contribution in [2.45, 2.75) is 50.8 Å². The Labute approximate surface area is 94.2 Å². The molecule has 0 radical (unpaired) electrons. The van der Waals surface area contributed by atoms with Crippen LogP contribution in [0.4, 0.5) is 13.2 Å². The summed E-state index contributed by atoms with van der Waals surface area (Å²) in [6.07, 6.45) is 0.358. The smallest absolute Gasteiger partial charge is 0.382 e.